The van der Waals surface area contributed by atoms with Gasteiger partial charge in [-0.2, -0.15) is 0 Å². The van der Waals surface area contributed by atoms with Gasteiger partial charge in [-0.05, 0) is 36.8 Å². The van der Waals surface area contributed by atoms with Gasteiger partial charge in [0, 0.05) is 28.8 Å². The zero-order chi connectivity index (χ0) is 31.9. The highest BCUT2D eigenvalue weighted by Gasteiger charge is 2.53. The quantitative estimate of drug-likeness (QED) is 0.113. The first-order chi connectivity index (χ1) is 22.0. The monoisotopic (exact) mass is 636 g/mol. The lowest BCUT2D eigenvalue weighted by Crippen LogP contribution is -2.32. The Labute approximate surface area is 273 Å². The number of hydrogen-bond acceptors (Lipinski definition) is 6. The van der Waals surface area contributed by atoms with E-state index in [4.69, 9.17) is 21.3 Å². The molecule has 2 aliphatic rings. The lowest BCUT2D eigenvalue weighted by atomic mass is 9.77. The topological polar surface area (TPSA) is 85.2 Å². The molecule has 2 heterocycles. The number of ether oxygens (including phenoxy) is 2. The molecule has 1 spiro atoms. The molecule has 244 valence electrons. The third kappa shape index (κ3) is 9.17. The van der Waals surface area contributed by atoms with Crippen LogP contribution in [-0.4, -0.2) is 22.8 Å². The lowest BCUT2D eigenvalue weighted by Gasteiger charge is -2.36. The minimum atomic E-state index is -1.17. The minimum absolute atomic E-state index is 0.0371. The van der Waals surface area contributed by atoms with Crippen molar-refractivity contribution >= 4 is 17.8 Å². The first-order valence-corrected chi connectivity index (χ1v) is 17.2. The summed E-state index contributed by atoms with van der Waals surface area (Å²) in [7, 11) is 0. The highest BCUT2D eigenvalue weighted by Crippen LogP contribution is 2.56. The van der Waals surface area contributed by atoms with Gasteiger partial charge in [0.05, 0.1) is 24.0 Å². The van der Waals surface area contributed by atoms with Gasteiger partial charge >= 0.3 is 5.97 Å². The van der Waals surface area contributed by atoms with E-state index in [1.165, 1.54) is 121 Å². The SMILES string of the molecule is CCCCCCCCCCCCCCCCCCOCl.O=C1OC2(c3ccc(O)cc3Oc3cc(O)ccc32)c2ccccc21. The molecule has 0 aromatic heterocycles. The van der Waals surface area contributed by atoms with Gasteiger partial charge in [-0.15, -0.1) is 0 Å². The number of aromatic hydroxyl groups is 2. The van der Waals surface area contributed by atoms with Gasteiger partial charge in [0.25, 0.3) is 0 Å². The van der Waals surface area contributed by atoms with Crippen molar-refractivity contribution in [1.29, 1.82) is 0 Å². The molecule has 0 saturated carbocycles. The third-order valence-corrected chi connectivity index (χ3v) is 8.91. The van der Waals surface area contributed by atoms with Crippen molar-refractivity contribution in [2.24, 2.45) is 0 Å². The van der Waals surface area contributed by atoms with E-state index < -0.39 is 11.6 Å². The molecule has 0 unspecified atom stereocenters. The fourth-order valence-corrected chi connectivity index (χ4v) is 6.47. The maximum atomic E-state index is 12.5. The van der Waals surface area contributed by atoms with Crippen LogP contribution in [-0.2, 0) is 14.6 Å². The molecular weight excluding hydrogens is 588 g/mol. The van der Waals surface area contributed by atoms with Gasteiger partial charge in [-0.1, -0.05) is 121 Å². The molecule has 2 aliphatic heterocycles. The Morgan fingerprint density at radius 3 is 1.60 bits per heavy atom. The predicted octanol–water partition coefficient (Wildman–Crippen LogP) is 11.1. The van der Waals surface area contributed by atoms with Gasteiger partial charge in [0.15, 0.2) is 5.60 Å². The number of phenols is 2. The summed E-state index contributed by atoms with van der Waals surface area (Å²) < 4.78 is 16.3. The molecule has 3 aromatic rings. The van der Waals surface area contributed by atoms with Crippen LogP contribution in [0.5, 0.6) is 23.0 Å². The summed E-state index contributed by atoms with van der Waals surface area (Å²) in [6.07, 6.45) is 22.4. The lowest BCUT2D eigenvalue weighted by molar-refractivity contribution is 0.0224. The first-order valence-electron chi connectivity index (χ1n) is 16.9. The largest absolute Gasteiger partial charge is 0.508 e. The number of fused-ring (bicyclic) bond motifs is 6. The van der Waals surface area contributed by atoms with Crippen LogP contribution in [0.2, 0.25) is 0 Å². The van der Waals surface area contributed by atoms with Gasteiger partial charge in [-0.25, -0.2) is 4.79 Å². The number of unbranched alkanes of at least 4 members (excludes halogenated alkanes) is 15. The van der Waals surface area contributed by atoms with Crippen molar-refractivity contribution in [3.05, 3.63) is 82.9 Å². The molecule has 6 nitrogen and oxygen atoms in total. The predicted molar refractivity (Wildman–Crippen MR) is 179 cm³/mol. The van der Waals surface area contributed by atoms with Crippen LogP contribution >= 0.6 is 11.9 Å². The molecule has 0 aliphatic carbocycles. The van der Waals surface area contributed by atoms with Gasteiger partial charge in [0.2, 0.25) is 0 Å². The molecule has 0 amide bonds. The Morgan fingerprint density at radius 2 is 1.11 bits per heavy atom. The zero-order valence-corrected chi connectivity index (χ0v) is 27.5. The summed E-state index contributed by atoms with van der Waals surface area (Å²) in [4.78, 5) is 12.5. The van der Waals surface area contributed by atoms with E-state index in [2.05, 4.69) is 11.2 Å². The molecule has 3 aromatic carbocycles. The molecule has 5 rings (SSSR count). The molecule has 2 N–H and O–H groups in total. The highest BCUT2D eigenvalue weighted by atomic mass is 35.5. The van der Waals surface area contributed by atoms with Crippen LogP contribution in [0.1, 0.15) is 137 Å². The van der Waals surface area contributed by atoms with Crippen molar-refractivity contribution in [2.45, 2.75) is 115 Å². The third-order valence-electron chi connectivity index (χ3n) is 8.76. The Kier molecular flexibility index (Phi) is 13.9. The Morgan fingerprint density at radius 1 is 0.644 bits per heavy atom. The fraction of sp³-hybridized carbons (Fsp3) is 0.500. The van der Waals surface area contributed by atoms with Crippen LogP contribution in [0.4, 0.5) is 0 Å². The summed E-state index contributed by atoms with van der Waals surface area (Å²) >= 11 is 5.17. The van der Waals surface area contributed by atoms with Crippen LogP contribution in [0, 0.1) is 0 Å². The minimum Gasteiger partial charge on any atom is -0.508 e. The van der Waals surface area contributed by atoms with E-state index in [1.54, 1.807) is 24.3 Å². The summed E-state index contributed by atoms with van der Waals surface area (Å²) in [5, 5.41) is 19.7. The van der Waals surface area contributed by atoms with Crippen molar-refractivity contribution in [3.8, 4) is 23.0 Å². The van der Waals surface area contributed by atoms with Crippen molar-refractivity contribution in [3.63, 3.8) is 0 Å². The summed E-state index contributed by atoms with van der Waals surface area (Å²) in [5.41, 5.74) is 1.28. The number of carbonyl (C=O) groups is 1. The fourth-order valence-electron chi connectivity index (χ4n) is 6.36. The summed E-state index contributed by atoms with van der Waals surface area (Å²) in [6.45, 7) is 2.99. The van der Waals surface area contributed by atoms with E-state index in [0.717, 1.165) is 6.42 Å². The smallest absolute Gasteiger partial charge is 0.340 e. The molecular formula is C38H49ClO6. The van der Waals surface area contributed by atoms with Crippen LogP contribution in [0.15, 0.2) is 60.7 Å². The van der Waals surface area contributed by atoms with Gasteiger partial charge in [-0.3, -0.25) is 4.29 Å². The average Bonchev–Trinajstić information content (AvgIpc) is 3.33. The maximum Gasteiger partial charge on any atom is 0.340 e. The normalized spacial score (nSPS) is 13.7. The second-order valence-corrected chi connectivity index (χ2v) is 12.4. The number of hydrogen-bond donors (Lipinski definition) is 2. The van der Waals surface area contributed by atoms with E-state index >= 15 is 0 Å². The Hall–Kier alpha value is -3.22. The zero-order valence-electron chi connectivity index (χ0n) is 26.7. The number of carbonyl (C=O) groups excluding carboxylic acids is 1. The van der Waals surface area contributed by atoms with E-state index in [1.807, 2.05) is 12.1 Å². The van der Waals surface area contributed by atoms with Crippen molar-refractivity contribution in [2.75, 3.05) is 6.61 Å². The number of rotatable bonds is 17. The number of esters is 1. The number of halogens is 1. The van der Waals surface area contributed by atoms with E-state index in [-0.39, 0.29) is 11.5 Å². The van der Waals surface area contributed by atoms with Crippen LogP contribution < -0.4 is 4.74 Å². The Bertz CT molecular complexity index is 1290. The van der Waals surface area contributed by atoms with Gasteiger partial charge < -0.3 is 19.7 Å². The molecule has 0 fully saturated rings. The van der Waals surface area contributed by atoms with Crippen molar-refractivity contribution < 1.29 is 28.8 Å². The van der Waals surface area contributed by atoms with Crippen LogP contribution in [0.3, 0.4) is 0 Å². The first kappa shape index (κ1) is 34.6. The standard InChI is InChI=1S/C20H12O5.C18H37ClO/c21-11-5-7-15-17(9-11)24-18-10-12(22)6-8-16(18)20(15)14-4-2-1-3-13(14)19(23)25-20;1-2-3-4-5-6-7-8-9-10-11-12-13-14-15-16-17-18-20-19/h1-10,21-22H;2-18H2,1H3. The molecule has 45 heavy (non-hydrogen) atoms. The molecule has 0 bridgehead atoms. The van der Waals surface area contributed by atoms with E-state index in [0.29, 0.717) is 40.4 Å². The summed E-state index contributed by atoms with van der Waals surface area (Å²) in [5.74, 6) is 0.408. The van der Waals surface area contributed by atoms with E-state index in [9.17, 15) is 15.0 Å². The second kappa shape index (κ2) is 18.1. The summed E-state index contributed by atoms with van der Waals surface area (Å²) in [6, 6.07) is 16.6. The Balaban J connectivity index is 0.000000212. The second-order valence-electron chi connectivity index (χ2n) is 12.2. The molecule has 7 heteroatoms. The highest BCUT2D eigenvalue weighted by molar-refractivity contribution is 6.07. The molecule has 0 radical (unpaired) electrons. The van der Waals surface area contributed by atoms with Gasteiger partial charge in [0.1, 0.15) is 23.0 Å². The number of benzene rings is 3. The maximum absolute atomic E-state index is 12.5. The van der Waals surface area contributed by atoms with Crippen LogP contribution in [0.25, 0.3) is 0 Å². The van der Waals surface area contributed by atoms with Crippen molar-refractivity contribution in [1.82, 2.24) is 0 Å². The molecule has 0 atom stereocenters. The average molecular weight is 637 g/mol. The molecule has 0 saturated heterocycles. The number of phenolic OH excluding ortho intramolecular Hbond substituents is 2.